The van der Waals surface area contributed by atoms with Gasteiger partial charge in [0.05, 0.1) is 24.3 Å². The number of urea groups is 1. The highest BCUT2D eigenvalue weighted by Crippen LogP contribution is 2.36. The van der Waals surface area contributed by atoms with E-state index in [1.807, 2.05) is 63.3 Å². The van der Waals surface area contributed by atoms with Gasteiger partial charge in [-0.15, -0.1) is 0 Å². The lowest BCUT2D eigenvalue weighted by Crippen LogP contribution is -2.43. The molecular weight excluding hydrogens is 492 g/mol. The van der Waals surface area contributed by atoms with Crippen LogP contribution in [-0.2, 0) is 9.53 Å². The summed E-state index contributed by atoms with van der Waals surface area (Å²) < 4.78 is 12.1. The number of amides is 2. The second kappa shape index (κ2) is 14.8. The fraction of sp³-hybridized carbons (Fsp3) is 0.375. The van der Waals surface area contributed by atoms with Crippen molar-refractivity contribution >= 4 is 23.3 Å². The van der Waals surface area contributed by atoms with Crippen LogP contribution in [-0.4, -0.2) is 36.4 Å². The largest absolute Gasteiger partial charge is 0.494 e. The zero-order valence-electron chi connectivity index (χ0n) is 23.2. The lowest BCUT2D eigenvalue weighted by molar-refractivity contribution is -0.143. The molecule has 0 atom stereocenters. The Morgan fingerprint density at radius 2 is 1.95 bits per heavy atom. The number of hydrogen-bond donors (Lipinski definition) is 2. The van der Waals surface area contributed by atoms with Crippen LogP contribution in [0.25, 0.3) is 5.57 Å². The Morgan fingerprint density at radius 1 is 1.18 bits per heavy atom. The van der Waals surface area contributed by atoms with Crippen molar-refractivity contribution in [1.82, 2.24) is 5.32 Å². The maximum Gasteiger partial charge on any atom is 0.326 e. The average molecular weight is 533 g/mol. The van der Waals surface area contributed by atoms with Crippen molar-refractivity contribution in [3.05, 3.63) is 90.4 Å². The fourth-order valence-corrected chi connectivity index (χ4v) is 4.78. The smallest absolute Gasteiger partial charge is 0.326 e. The second-order valence-electron chi connectivity index (χ2n) is 9.26. The van der Waals surface area contributed by atoms with Crippen LogP contribution in [0.1, 0.15) is 58.4 Å². The minimum absolute atomic E-state index is 0.0640. The summed E-state index contributed by atoms with van der Waals surface area (Å²) in [5.41, 5.74) is 3.39. The molecule has 2 N–H and O–H groups in total. The van der Waals surface area contributed by atoms with Gasteiger partial charge in [0.25, 0.3) is 0 Å². The fourth-order valence-electron chi connectivity index (χ4n) is 4.78. The number of carboxylic acid groups (broad SMARTS) is 1. The molecule has 7 nitrogen and oxygen atoms in total. The van der Waals surface area contributed by atoms with Crippen molar-refractivity contribution in [2.45, 2.75) is 59.0 Å². The van der Waals surface area contributed by atoms with Crippen LogP contribution in [0.4, 0.5) is 10.5 Å². The summed E-state index contributed by atoms with van der Waals surface area (Å²) in [7, 11) is 0. The minimum Gasteiger partial charge on any atom is -0.494 e. The molecule has 0 aromatic heterocycles. The maximum atomic E-state index is 13.0. The molecule has 1 aliphatic heterocycles. The Kier molecular flexibility index (Phi) is 11.2. The van der Waals surface area contributed by atoms with Gasteiger partial charge in [-0.1, -0.05) is 56.9 Å². The molecule has 1 saturated carbocycles. The summed E-state index contributed by atoms with van der Waals surface area (Å²) in [5, 5.41) is 12.1. The number of ether oxygens (including phenoxy) is 2. The summed E-state index contributed by atoms with van der Waals surface area (Å²) in [5.74, 6) is 0.588. The minimum atomic E-state index is -0.705. The number of nitrogens with one attached hydrogen (secondary N) is 1. The molecule has 0 saturated heterocycles. The molecule has 1 aromatic carbocycles. The number of carboxylic acids is 1. The average Bonchev–Trinajstić information content (AvgIpc) is 3.19. The number of aliphatic carboxylic acids is 1. The molecule has 0 spiro atoms. The molecule has 2 amide bonds. The molecule has 1 heterocycles. The molecule has 39 heavy (non-hydrogen) atoms. The van der Waals surface area contributed by atoms with Gasteiger partial charge >= 0.3 is 12.0 Å². The van der Waals surface area contributed by atoms with Gasteiger partial charge < -0.3 is 19.9 Å². The van der Waals surface area contributed by atoms with E-state index in [0.717, 1.165) is 35.4 Å². The topological polar surface area (TPSA) is 88.1 Å². The third kappa shape index (κ3) is 7.99. The second-order valence-corrected chi connectivity index (χ2v) is 9.26. The monoisotopic (exact) mass is 532 g/mol. The van der Waals surface area contributed by atoms with Crippen LogP contribution in [0.3, 0.4) is 0 Å². The molecule has 7 heteroatoms. The number of fused-ring (bicyclic) bond motifs is 1. The highest BCUT2D eigenvalue weighted by Gasteiger charge is 2.27. The highest BCUT2D eigenvalue weighted by molar-refractivity contribution is 5.96. The van der Waals surface area contributed by atoms with E-state index in [2.05, 4.69) is 24.0 Å². The first-order valence-electron chi connectivity index (χ1n) is 13.8. The number of anilines is 1. The number of nitrogens with zero attached hydrogens (tertiary/aromatic N) is 1. The van der Waals surface area contributed by atoms with Gasteiger partial charge in [0, 0.05) is 12.1 Å². The number of carbonyl (C=O) groups excluding carboxylic acids is 1. The predicted octanol–water partition coefficient (Wildman–Crippen LogP) is 7.15. The number of hydrogen-bond acceptors (Lipinski definition) is 4. The van der Waals surface area contributed by atoms with E-state index in [4.69, 9.17) is 9.47 Å². The summed E-state index contributed by atoms with van der Waals surface area (Å²) in [4.78, 5) is 25.9. The summed E-state index contributed by atoms with van der Waals surface area (Å²) in [6, 6.07) is 5.64. The first-order chi connectivity index (χ1) is 19.0. The van der Waals surface area contributed by atoms with E-state index >= 15 is 0 Å². The van der Waals surface area contributed by atoms with Crippen LogP contribution in [0.2, 0.25) is 0 Å². The first kappa shape index (κ1) is 29.6. The normalized spacial score (nSPS) is 20.8. The lowest BCUT2D eigenvalue weighted by Gasteiger charge is -2.30. The van der Waals surface area contributed by atoms with Gasteiger partial charge in [-0.05, 0) is 74.1 Å². The van der Waals surface area contributed by atoms with Crippen LogP contribution in [0.5, 0.6) is 5.75 Å². The zero-order chi connectivity index (χ0) is 28.2. The SMILES string of the molecule is C=C/C=C(\C=C/C)NC(=O)N1CCOc2cc(C3=CC=C(OC4CCC(C(=O)O)CC4)CC=C3)ccc21.CC. The van der Waals surface area contributed by atoms with Crippen molar-refractivity contribution in [3.8, 4) is 5.75 Å². The Hall–Kier alpha value is -4.00. The molecule has 2 aliphatic carbocycles. The molecule has 0 bridgehead atoms. The summed E-state index contributed by atoms with van der Waals surface area (Å²) >= 11 is 0. The Morgan fingerprint density at radius 3 is 2.64 bits per heavy atom. The maximum absolute atomic E-state index is 13.0. The first-order valence-corrected chi connectivity index (χ1v) is 13.8. The van der Waals surface area contributed by atoms with Crippen molar-refractivity contribution in [2.75, 3.05) is 18.1 Å². The van der Waals surface area contributed by atoms with Crippen LogP contribution >= 0.6 is 0 Å². The molecule has 208 valence electrons. The zero-order valence-corrected chi connectivity index (χ0v) is 23.2. The van der Waals surface area contributed by atoms with Gasteiger partial charge in [0.15, 0.2) is 0 Å². The molecular formula is C32H40N2O5. The summed E-state index contributed by atoms with van der Waals surface area (Å²) in [6.07, 6.45) is 18.8. The number of rotatable bonds is 7. The molecule has 0 radical (unpaired) electrons. The Bertz CT molecular complexity index is 1180. The van der Waals surface area contributed by atoms with Crippen LogP contribution in [0.15, 0.2) is 84.8 Å². The van der Waals surface area contributed by atoms with E-state index in [1.165, 1.54) is 0 Å². The van der Waals surface area contributed by atoms with Gasteiger partial charge in [0.1, 0.15) is 18.1 Å². The third-order valence-electron chi connectivity index (χ3n) is 6.70. The van der Waals surface area contributed by atoms with Gasteiger partial charge in [-0.25, -0.2) is 4.79 Å². The molecule has 0 unspecified atom stereocenters. The van der Waals surface area contributed by atoms with Crippen LogP contribution in [0, 0.1) is 5.92 Å². The molecule has 1 fully saturated rings. The van der Waals surface area contributed by atoms with Gasteiger partial charge in [-0.2, -0.15) is 0 Å². The quantitative estimate of drug-likeness (QED) is 0.364. The van der Waals surface area contributed by atoms with Gasteiger partial charge in [-0.3, -0.25) is 9.69 Å². The highest BCUT2D eigenvalue weighted by atomic mass is 16.5. The standard InChI is InChI=1S/C30H34N2O5.C2H6/c1-3-6-24(7-4-2)31-30(35)32-18-19-36-28-20-23(13-17-27(28)32)21-8-5-9-25(14-10-21)37-26-15-11-22(12-16-26)29(33)34;1-2/h3-8,10,13-14,17,20,22,26H,1,9,11-12,15-16,18-19H2,2H3,(H,31,35)(H,33,34);1-2H3/b7-4-,24-6+;. The molecule has 4 rings (SSSR count). The van der Waals surface area contributed by atoms with Crippen molar-refractivity contribution < 1.29 is 24.2 Å². The molecule has 1 aromatic rings. The predicted molar refractivity (Wildman–Crippen MR) is 157 cm³/mol. The Labute approximate surface area is 231 Å². The van der Waals surface area contributed by atoms with E-state index in [-0.39, 0.29) is 18.1 Å². The number of carbonyl (C=O) groups is 2. The van der Waals surface area contributed by atoms with E-state index in [0.29, 0.717) is 43.9 Å². The number of benzene rings is 1. The van der Waals surface area contributed by atoms with Gasteiger partial charge in [0.2, 0.25) is 0 Å². The van der Waals surface area contributed by atoms with Crippen molar-refractivity contribution in [1.29, 1.82) is 0 Å². The van der Waals surface area contributed by atoms with E-state index < -0.39 is 5.97 Å². The third-order valence-corrected chi connectivity index (χ3v) is 6.70. The lowest BCUT2D eigenvalue weighted by atomic mass is 9.87. The summed E-state index contributed by atoms with van der Waals surface area (Å²) in [6.45, 7) is 10.5. The van der Waals surface area contributed by atoms with E-state index in [1.54, 1.807) is 17.1 Å². The van der Waals surface area contributed by atoms with Crippen molar-refractivity contribution in [2.24, 2.45) is 5.92 Å². The van der Waals surface area contributed by atoms with E-state index in [9.17, 15) is 14.7 Å². The van der Waals surface area contributed by atoms with Crippen LogP contribution < -0.4 is 15.0 Å². The Balaban J connectivity index is 0.00000205. The van der Waals surface area contributed by atoms with Crippen molar-refractivity contribution in [3.63, 3.8) is 0 Å². The molecule has 3 aliphatic rings. The number of allylic oxidation sites excluding steroid dienone is 9.